The number of aromatic nitrogens is 2. The molecule has 0 amide bonds. The maximum Gasteiger partial charge on any atom is 0.229 e. The number of nitrogens with two attached hydrogens (primary N) is 1. The first-order chi connectivity index (χ1) is 3.72. The van der Waals surface area contributed by atoms with Crippen molar-refractivity contribution in [1.82, 2.24) is 9.66 Å². The average molecular weight is 109 g/mol. The summed E-state index contributed by atoms with van der Waals surface area (Å²) in [6.07, 6.45) is 1.18. The zero-order valence-electron chi connectivity index (χ0n) is 4.07. The van der Waals surface area contributed by atoms with E-state index in [-0.39, 0.29) is 11.6 Å². The predicted molar refractivity (Wildman–Crippen MR) is 29.4 cm³/mol. The second-order valence-electron chi connectivity index (χ2n) is 1.34. The molecular formula is C3H4BN3O. The van der Waals surface area contributed by atoms with Crippen LogP contribution in [-0.4, -0.2) is 22.6 Å². The van der Waals surface area contributed by atoms with Gasteiger partial charge in [-0.15, -0.1) is 0 Å². The third-order valence-corrected chi connectivity index (χ3v) is 0.806. The van der Waals surface area contributed by atoms with E-state index in [4.69, 9.17) is 18.8 Å². The van der Waals surface area contributed by atoms with Crippen molar-refractivity contribution in [3.05, 3.63) is 6.20 Å². The Kier molecular flexibility index (Phi) is 0.899. The monoisotopic (exact) mass is 109 g/mol. The van der Waals surface area contributed by atoms with Crippen LogP contribution in [0.2, 0.25) is 0 Å². The Morgan fingerprint density at radius 3 is 2.62 bits per heavy atom. The van der Waals surface area contributed by atoms with Gasteiger partial charge in [0.05, 0.1) is 11.9 Å². The minimum Gasteiger partial charge on any atom is -0.492 e. The number of nitrogens with zero attached hydrogens (tertiary/aromatic N) is 2. The minimum atomic E-state index is -0.137. The van der Waals surface area contributed by atoms with Crippen molar-refractivity contribution in [3.63, 3.8) is 0 Å². The van der Waals surface area contributed by atoms with Crippen molar-refractivity contribution in [2.45, 2.75) is 0 Å². The SMILES string of the molecule is [B]c1ncc(O)n1N. The van der Waals surface area contributed by atoms with E-state index in [0.29, 0.717) is 0 Å². The Morgan fingerprint density at radius 1 is 1.88 bits per heavy atom. The van der Waals surface area contributed by atoms with Gasteiger partial charge in [-0.25, -0.2) is 9.66 Å². The molecule has 1 aromatic heterocycles. The maximum absolute atomic E-state index is 8.64. The minimum absolute atomic E-state index is 0.0995. The van der Waals surface area contributed by atoms with Gasteiger partial charge in [0.15, 0.2) is 7.85 Å². The summed E-state index contributed by atoms with van der Waals surface area (Å²) in [5.74, 6) is 4.94. The Bertz CT molecular complexity index is 177. The lowest BCUT2D eigenvalue weighted by Crippen LogP contribution is -2.25. The molecule has 8 heavy (non-hydrogen) atoms. The predicted octanol–water partition coefficient (Wildman–Crippen LogP) is -1.90. The maximum atomic E-state index is 8.64. The van der Waals surface area contributed by atoms with E-state index >= 15 is 0 Å². The molecule has 2 radical (unpaired) electrons. The van der Waals surface area contributed by atoms with Crippen molar-refractivity contribution >= 4 is 13.6 Å². The van der Waals surface area contributed by atoms with Gasteiger partial charge in [0.1, 0.15) is 0 Å². The molecule has 4 nitrogen and oxygen atoms in total. The van der Waals surface area contributed by atoms with E-state index in [1.807, 2.05) is 0 Å². The topological polar surface area (TPSA) is 64.1 Å². The summed E-state index contributed by atoms with van der Waals surface area (Å²) >= 11 is 0. The lowest BCUT2D eigenvalue weighted by atomic mass is 10.1. The molecule has 40 valence electrons. The van der Waals surface area contributed by atoms with Gasteiger partial charge in [0, 0.05) is 0 Å². The quantitative estimate of drug-likeness (QED) is 0.302. The van der Waals surface area contributed by atoms with Crippen LogP contribution in [0.4, 0.5) is 0 Å². The summed E-state index contributed by atoms with van der Waals surface area (Å²) in [5, 5.41) is 8.64. The first kappa shape index (κ1) is 5.02. The lowest BCUT2D eigenvalue weighted by Gasteiger charge is -1.93. The molecule has 0 aliphatic rings. The Morgan fingerprint density at radius 2 is 2.50 bits per heavy atom. The Hall–Kier alpha value is -1.13. The normalized spacial score (nSPS) is 9.50. The largest absolute Gasteiger partial charge is 0.492 e. The second-order valence-corrected chi connectivity index (χ2v) is 1.34. The van der Waals surface area contributed by atoms with E-state index in [1.54, 1.807) is 0 Å². The third kappa shape index (κ3) is 0.519. The Balaban J connectivity index is 3.19. The zero-order chi connectivity index (χ0) is 6.15. The summed E-state index contributed by atoms with van der Waals surface area (Å²) in [6, 6.07) is 0. The molecular weight excluding hydrogens is 105 g/mol. The molecule has 0 fully saturated rings. The van der Waals surface area contributed by atoms with Crippen molar-refractivity contribution in [1.29, 1.82) is 0 Å². The molecule has 0 aliphatic heterocycles. The van der Waals surface area contributed by atoms with Crippen molar-refractivity contribution in [2.75, 3.05) is 5.84 Å². The highest BCUT2D eigenvalue weighted by atomic mass is 16.3. The number of aromatic hydroxyl groups is 1. The standard InChI is InChI=1S/C3H4BN3O/c4-3-6-1-2(8)7(3)5/h1,8H,5H2. The summed E-state index contributed by atoms with van der Waals surface area (Å²) in [7, 11) is 5.11. The van der Waals surface area contributed by atoms with Crippen LogP contribution in [0.25, 0.3) is 0 Å². The zero-order valence-corrected chi connectivity index (χ0v) is 4.07. The average Bonchev–Trinajstić information content (AvgIpc) is 1.98. The van der Waals surface area contributed by atoms with Gasteiger partial charge in [-0.1, -0.05) is 0 Å². The fourth-order valence-corrected chi connectivity index (χ4v) is 0.366. The molecule has 1 aromatic rings. The van der Waals surface area contributed by atoms with E-state index in [0.717, 1.165) is 4.68 Å². The van der Waals surface area contributed by atoms with Gasteiger partial charge < -0.3 is 10.9 Å². The summed E-state index contributed by atoms with van der Waals surface area (Å²) < 4.78 is 0.889. The summed E-state index contributed by atoms with van der Waals surface area (Å²) in [4.78, 5) is 3.48. The van der Waals surface area contributed by atoms with Crippen molar-refractivity contribution in [2.24, 2.45) is 0 Å². The van der Waals surface area contributed by atoms with Crippen LogP contribution in [-0.2, 0) is 0 Å². The van der Waals surface area contributed by atoms with Crippen LogP contribution < -0.4 is 11.6 Å². The van der Waals surface area contributed by atoms with Crippen molar-refractivity contribution < 1.29 is 5.11 Å². The smallest absolute Gasteiger partial charge is 0.229 e. The molecule has 5 heteroatoms. The molecule has 1 heterocycles. The molecule has 0 aromatic carbocycles. The second kappa shape index (κ2) is 1.43. The van der Waals surface area contributed by atoms with Crippen LogP contribution in [0.1, 0.15) is 0 Å². The highest BCUT2D eigenvalue weighted by Gasteiger charge is 1.96. The molecule has 0 spiro atoms. The summed E-state index contributed by atoms with van der Waals surface area (Å²) in [5.41, 5.74) is 0.0995. The highest BCUT2D eigenvalue weighted by Crippen LogP contribution is 1.96. The number of hydrogen-bond donors (Lipinski definition) is 2. The van der Waals surface area contributed by atoms with Crippen LogP contribution in [0.3, 0.4) is 0 Å². The van der Waals surface area contributed by atoms with Gasteiger partial charge in [-0.2, -0.15) is 0 Å². The van der Waals surface area contributed by atoms with E-state index < -0.39 is 0 Å². The van der Waals surface area contributed by atoms with Gasteiger partial charge >= 0.3 is 0 Å². The number of nitrogen functional groups attached to an aromatic ring is 1. The molecule has 0 unspecified atom stereocenters. The van der Waals surface area contributed by atoms with E-state index in [1.165, 1.54) is 6.20 Å². The molecule has 1 rings (SSSR count). The molecule has 0 saturated carbocycles. The van der Waals surface area contributed by atoms with Gasteiger partial charge in [-0.05, 0) is 0 Å². The van der Waals surface area contributed by atoms with Gasteiger partial charge in [0.25, 0.3) is 0 Å². The van der Waals surface area contributed by atoms with E-state index in [2.05, 4.69) is 4.98 Å². The van der Waals surface area contributed by atoms with Gasteiger partial charge in [-0.3, -0.25) is 0 Å². The highest BCUT2D eigenvalue weighted by molar-refractivity contribution is 6.29. The Labute approximate surface area is 47.3 Å². The van der Waals surface area contributed by atoms with Gasteiger partial charge in [0.2, 0.25) is 5.88 Å². The van der Waals surface area contributed by atoms with Crippen LogP contribution >= 0.6 is 0 Å². The summed E-state index contributed by atoms with van der Waals surface area (Å²) in [6.45, 7) is 0. The molecule has 0 aliphatic carbocycles. The number of hydrogen-bond acceptors (Lipinski definition) is 3. The first-order valence-corrected chi connectivity index (χ1v) is 1.99. The molecule has 0 bridgehead atoms. The molecule has 3 N–H and O–H groups in total. The van der Waals surface area contributed by atoms with Crippen LogP contribution in [0, 0.1) is 0 Å². The first-order valence-electron chi connectivity index (χ1n) is 1.99. The van der Waals surface area contributed by atoms with E-state index in [9.17, 15) is 0 Å². The molecule has 0 atom stereocenters. The third-order valence-electron chi connectivity index (χ3n) is 0.806. The van der Waals surface area contributed by atoms with Crippen molar-refractivity contribution in [3.8, 4) is 5.88 Å². The lowest BCUT2D eigenvalue weighted by molar-refractivity contribution is 0.439. The number of imidazole rings is 1. The van der Waals surface area contributed by atoms with Crippen LogP contribution in [0.5, 0.6) is 5.88 Å². The fourth-order valence-electron chi connectivity index (χ4n) is 0.366. The fraction of sp³-hybridized carbons (Fsp3) is 0. The number of rotatable bonds is 0. The van der Waals surface area contributed by atoms with Crippen LogP contribution in [0.15, 0.2) is 6.20 Å². The molecule has 0 saturated heterocycles.